The number of carbonyl (C=O) groups excluding carboxylic acids is 1. The van der Waals surface area contributed by atoms with E-state index in [1.54, 1.807) is 0 Å². The molecule has 0 aliphatic heterocycles. The lowest BCUT2D eigenvalue weighted by Crippen LogP contribution is -2.16. The first kappa shape index (κ1) is 28.7. The lowest BCUT2D eigenvalue weighted by atomic mass is 10.0. The Bertz CT molecular complexity index is 431. The number of unbranched alkanes of at least 4 members (excludes halogenated alkanes) is 16. The summed E-state index contributed by atoms with van der Waals surface area (Å²) < 4.78 is 5.29. The Labute approximate surface area is 185 Å². The van der Waals surface area contributed by atoms with Gasteiger partial charge in [-0.25, -0.2) is 9.59 Å². The Balaban J connectivity index is 3.37. The number of rotatable bonds is 22. The second-order valence-corrected chi connectivity index (χ2v) is 8.58. The molecule has 1 atom stereocenters. The highest BCUT2D eigenvalue weighted by molar-refractivity contribution is 5.90. The lowest BCUT2D eigenvalue weighted by molar-refractivity contribution is -0.144. The van der Waals surface area contributed by atoms with Crippen LogP contribution in [0.15, 0.2) is 12.2 Å². The van der Waals surface area contributed by atoms with Gasteiger partial charge in [0.1, 0.15) is 6.10 Å². The fourth-order valence-corrected chi connectivity index (χ4v) is 3.79. The van der Waals surface area contributed by atoms with Crippen molar-refractivity contribution in [3.63, 3.8) is 0 Å². The molecule has 0 saturated carbocycles. The summed E-state index contributed by atoms with van der Waals surface area (Å²) in [6, 6.07) is 0. The van der Waals surface area contributed by atoms with Crippen molar-refractivity contribution in [2.24, 2.45) is 0 Å². The average molecular weight is 425 g/mol. The van der Waals surface area contributed by atoms with Gasteiger partial charge in [-0.3, -0.25) is 0 Å². The smallest absolute Gasteiger partial charge is 0.331 e. The van der Waals surface area contributed by atoms with Crippen LogP contribution in [0.4, 0.5) is 0 Å². The van der Waals surface area contributed by atoms with Gasteiger partial charge in [0.2, 0.25) is 0 Å². The van der Waals surface area contributed by atoms with Crippen molar-refractivity contribution in [1.82, 2.24) is 0 Å². The maximum Gasteiger partial charge on any atom is 0.331 e. The molecule has 0 aromatic rings. The maximum atomic E-state index is 11.5. The summed E-state index contributed by atoms with van der Waals surface area (Å²) in [6.45, 7) is 4.27. The molecule has 0 aromatic heterocycles. The molecule has 30 heavy (non-hydrogen) atoms. The molecule has 0 aliphatic carbocycles. The topological polar surface area (TPSA) is 63.6 Å². The number of aliphatic carboxylic acids is 1. The van der Waals surface area contributed by atoms with Gasteiger partial charge in [-0.05, 0) is 19.3 Å². The number of esters is 1. The summed E-state index contributed by atoms with van der Waals surface area (Å²) >= 11 is 0. The third-order valence-corrected chi connectivity index (χ3v) is 5.73. The Kier molecular flexibility index (Phi) is 21.4. The molecule has 0 heterocycles. The molecule has 0 fully saturated rings. The minimum Gasteiger partial charge on any atom is -0.478 e. The van der Waals surface area contributed by atoms with E-state index in [2.05, 4.69) is 6.92 Å². The van der Waals surface area contributed by atoms with E-state index in [0.717, 1.165) is 31.4 Å². The molecular weight excluding hydrogens is 376 g/mol. The number of ether oxygens (including phenoxy) is 1. The second-order valence-electron chi connectivity index (χ2n) is 8.58. The predicted molar refractivity (Wildman–Crippen MR) is 126 cm³/mol. The Hall–Kier alpha value is -1.32. The number of hydrogen-bond acceptors (Lipinski definition) is 3. The molecule has 0 bridgehead atoms. The normalized spacial score (nSPS) is 12.3. The number of carboxylic acid groups (broad SMARTS) is 1. The minimum atomic E-state index is -1.13. The van der Waals surface area contributed by atoms with Gasteiger partial charge in [-0.1, -0.05) is 117 Å². The summed E-state index contributed by atoms with van der Waals surface area (Å²) in [5, 5.41) is 8.53. The quantitative estimate of drug-likeness (QED) is 0.109. The molecule has 4 nitrogen and oxygen atoms in total. The van der Waals surface area contributed by atoms with Crippen LogP contribution in [-0.4, -0.2) is 23.1 Å². The molecule has 1 unspecified atom stereocenters. The fraction of sp³-hybridized carbons (Fsp3) is 0.846. The number of carboxylic acids is 1. The van der Waals surface area contributed by atoms with Crippen molar-refractivity contribution in [3.8, 4) is 0 Å². The van der Waals surface area contributed by atoms with Crippen LogP contribution in [0.3, 0.4) is 0 Å². The zero-order valence-corrected chi connectivity index (χ0v) is 19.8. The zero-order chi connectivity index (χ0) is 22.3. The van der Waals surface area contributed by atoms with Gasteiger partial charge in [0.25, 0.3) is 0 Å². The third kappa shape index (κ3) is 21.4. The van der Waals surface area contributed by atoms with Crippen molar-refractivity contribution in [2.45, 2.75) is 142 Å². The number of carbonyl (C=O) groups is 2. The first-order valence-corrected chi connectivity index (χ1v) is 12.7. The van der Waals surface area contributed by atoms with Crippen LogP contribution < -0.4 is 0 Å². The standard InChI is InChI=1S/C26H48O4/c1-3-5-6-7-8-9-10-11-12-13-14-15-16-17-18-19-20-21-24(4-2)30-26(29)23-22-25(27)28/h22-24H,3-21H2,1-2H3,(H,27,28). The van der Waals surface area contributed by atoms with E-state index in [1.165, 1.54) is 103 Å². The summed E-state index contributed by atoms with van der Waals surface area (Å²) in [6.07, 6.45) is 26.3. The Morgan fingerprint density at radius 1 is 0.667 bits per heavy atom. The van der Waals surface area contributed by atoms with Crippen molar-refractivity contribution in [2.75, 3.05) is 0 Å². The predicted octanol–water partition coefficient (Wildman–Crippen LogP) is 7.99. The largest absolute Gasteiger partial charge is 0.478 e. The van der Waals surface area contributed by atoms with E-state index in [-0.39, 0.29) is 6.10 Å². The van der Waals surface area contributed by atoms with E-state index < -0.39 is 11.9 Å². The Morgan fingerprint density at radius 3 is 1.43 bits per heavy atom. The van der Waals surface area contributed by atoms with Crippen molar-refractivity contribution >= 4 is 11.9 Å². The SMILES string of the molecule is CCCCCCCCCCCCCCCCCCCC(CC)OC(=O)C=CC(=O)O. The molecule has 0 aliphatic rings. The van der Waals surface area contributed by atoms with Crippen LogP contribution in [0.25, 0.3) is 0 Å². The molecule has 0 saturated heterocycles. The summed E-state index contributed by atoms with van der Waals surface area (Å²) in [4.78, 5) is 21.9. The maximum absolute atomic E-state index is 11.5. The zero-order valence-electron chi connectivity index (χ0n) is 19.8. The Morgan fingerprint density at radius 2 is 1.07 bits per heavy atom. The van der Waals surface area contributed by atoms with Crippen LogP contribution >= 0.6 is 0 Å². The van der Waals surface area contributed by atoms with Gasteiger partial charge in [0, 0.05) is 12.2 Å². The van der Waals surface area contributed by atoms with Gasteiger partial charge in [0.15, 0.2) is 0 Å². The van der Waals surface area contributed by atoms with E-state index in [0.29, 0.717) is 0 Å². The molecule has 0 rings (SSSR count). The van der Waals surface area contributed by atoms with Crippen LogP contribution in [-0.2, 0) is 14.3 Å². The van der Waals surface area contributed by atoms with Crippen molar-refractivity contribution in [3.05, 3.63) is 12.2 Å². The second kappa shape index (κ2) is 22.4. The first-order valence-electron chi connectivity index (χ1n) is 12.7. The van der Waals surface area contributed by atoms with E-state index in [4.69, 9.17) is 9.84 Å². The van der Waals surface area contributed by atoms with Crippen LogP contribution in [0.1, 0.15) is 136 Å². The lowest BCUT2D eigenvalue weighted by Gasteiger charge is -2.14. The molecular formula is C26H48O4. The highest BCUT2D eigenvalue weighted by atomic mass is 16.5. The summed E-state index contributed by atoms with van der Waals surface area (Å²) in [7, 11) is 0. The van der Waals surface area contributed by atoms with Crippen LogP contribution in [0, 0.1) is 0 Å². The van der Waals surface area contributed by atoms with E-state index in [9.17, 15) is 9.59 Å². The molecule has 1 N–H and O–H groups in total. The summed E-state index contributed by atoms with van der Waals surface area (Å²) in [5.41, 5.74) is 0. The van der Waals surface area contributed by atoms with E-state index in [1.807, 2.05) is 6.92 Å². The van der Waals surface area contributed by atoms with Crippen LogP contribution in [0.5, 0.6) is 0 Å². The molecule has 0 aromatic carbocycles. The third-order valence-electron chi connectivity index (χ3n) is 5.73. The van der Waals surface area contributed by atoms with Gasteiger partial charge in [-0.15, -0.1) is 0 Å². The summed E-state index contributed by atoms with van der Waals surface area (Å²) in [5.74, 6) is -1.69. The minimum absolute atomic E-state index is 0.104. The fourth-order valence-electron chi connectivity index (χ4n) is 3.79. The molecule has 176 valence electrons. The van der Waals surface area contributed by atoms with Crippen molar-refractivity contribution in [1.29, 1.82) is 0 Å². The molecule has 0 amide bonds. The van der Waals surface area contributed by atoms with E-state index >= 15 is 0 Å². The van der Waals surface area contributed by atoms with Gasteiger partial charge >= 0.3 is 11.9 Å². The van der Waals surface area contributed by atoms with Gasteiger partial charge in [0.05, 0.1) is 0 Å². The molecule has 0 spiro atoms. The van der Waals surface area contributed by atoms with Gasteiger partial charge in [-0.2, -0.15) is 0 Å². The monoisotopic (exact) mass is 424 g/mol. The molecule has 0 radical (unpaired) electrons. The first-order chi connectivity index (χ1) is 14.6. The van der Waals surface area contributed by atoms with Gasteiger partial charge < -0.3 is 9.84 Å². The average Bonchev–Trinajstić information content (AvgIpc) is 2.73. The molecule has 4 heteroatoms. The van der Waals surface area contributed by atoms with Crippen molar-refractivity contribution < 1.29 is 19.4 Å². The highest BCUT2D eigenvalue weighted by Crippen LogP contribution is 2.15. The number of hydrogen-bond donors (Lipinski definition) is 1. The van der Waals surface area contributed by atoms with Crippen LogP contribution in [0.2, 0.25) is 0 Å². The highest BCUT2D eigenvalue weighted by Gasteiger charge is 2.10.